The third-order valence-electron chi connectivity index (χ3n) is 4.62. The first-order valence-electron chi connectivity index (χ1n) is 8.04. The van der Waals surface area contributed by atoms with E-state index < -0.39 is 0 Å². The molecule has 0 unspecified atom stereocenters. The summed E-state index contributed by atoms with van der Waals surface area (Å²) >= 11 is 5.32. The number of hydrogen-bond acceptors (Lipinski definition) is 3. The van der Waals surface area contributed by atoms with Crippen LogP contribution in [0.4, 0.5) is 10.2 Å². The second-order valence-electron chi connectivity index (χ2n) is 6.17. The Labute approximate surface area is 146 Å². The summed E-state index contributed by atoms with van der Waals surface area (Å²) in [6, 6.07) is 9.95. The first-order valence-corrected chi connectivity index (χ1v) is 8.45. The lowest BCUT2D eigenvalue weighted by atomic mass is 9.79. The minimum atomic E-state index is -0.220. The fourth-order valence-electron chi connectivity index (χ4n) is 3.32. The molecule has 3 rings (SSSR count). The number of nitrogens with one attached hydrogen (secondary N) is 2. The summed E-state index contributed by atoms with van der Waals surface area (Å²) in [4.78, 5) is 4.05. The Hall–Kier alpha value is -2.21. The Morgan fingerprint density at radius 1 is 1.21 bits per heavy atom. The van der Waals surface area contributed by atoms with Gasteiger partial charge >= 0.3 is 0 Å². The van der Waals surface area contributed by atoms with Gasteiger partial charge in [0, 0.05) is 18.2 Å². The van der Waals surface area contributed by atoms with Crippen molar-refractivity contribution in [1.82, 2.24) is 10.3 Å². The number of anilines is 1. The third-order valence-corrected chi connectivity index (χ3v) is 4.87. The average molecular weight is 345 g/mol. The fraction of sp³-hybridized carbons (Fsp3) is 0.333. The van der Waals surface area contributed by atoms with Crippen LogP contribution in [0, 0.1) is 5.82 Å². The Kier molecular flexibility index (Phi) is 4.94. The zero-order valence-corrected chi connectivity index (χ0v) is 14.1. The molecule has 2 aromatic rings. The summed E-state index contributed by atoms with van der Waals surface area (Å²) in [6.07, 6.45) is 5.98. The highest BCUT2D eigenvalue weighted by atomic mass is 32.1. The summed E-state index contributed by atoms with van der Waals surface area (Å²) in [5.41, 5.74) is 1.10. The number of benzene rings is 1. The molecule has 1 aliphatic carbocycles. The van der Waals surface area contributed by atoms with Crippen LogP contribution in [0.5, 0.6) is 5.75 Å². The monoisotopic (exact) mass is 345 g/mol. The lowest BCUT2D eigenvalue weighted by Crippen LogP contribution is -2.40. The molecule has 1 aromatic heterocycles. The molecular formula is C18H20FN3OS. The number of thiocarbonyl (C=S) groups is 1. The molecule has 4 nitrogen and oxygen atoms in total. The van der Waals surface area contributed by atoms with E-state index in [0.717, 1.165) is 31.2 Å². The van der Waals surface area contributed by atoms with Crippen molar-refractivity contribution in [3.63, 3.8) is 0 Å². The van der Waals surface area contributed by atoms with Gasteiger partial charge in [-0.2, -0.15) is 0 Å². The number of aromatic nitrogens is 1. The lowest BCUT2D eigenvalue weighted by Gasteiger charge is -2.30. The summed E-state index contributed by atoms with van der Waals surface area (Å²) in [7, 11) is 0. The van der Waals surface area contributed by atoms with E-state index >= 15 is 0 Å². The van der Waals surface area contributed by atoms with Crippen molar-refractivity contribution in [3.05, 3.63) is 54.0 Å². The van der Waals surface area contributed by atoms with Crippen LogP contribution < -0.4 is 10.6 Å². The van der Waals surface area contributed by atoms with E-state index in [0.29, 0.717) is 17.5 Å². The number of nitrogens with zero attached hydrogens (tertiary/aromatic N) is 1. The van der Waals surface area contributed by atoms with Crippen molar-refractivity contribution >= 4 is 23.1 Å². The zero-order chi connectivity index (χ0) is 17.0. The molecular weight excluding hydrogens is 325 g/mol. The quantitative estimate of drug-likeness (QED) is 0.737. The standard InChI is InChI=1S/C18H20FN3OS/c19-14-7-5-13(6-8-14)18(9-1-2-10-18)12-21-17(24)22-16-15(23)4-3-11-20-16/h3-8,11,23H,1-2,9-10,12H2,(H2,20,21,22,24). The minimum absolute atomic E-state index is 0.0361. The van der Waals surface area contributed by atoms with E-state index in [9.17, 15) is 9.50 Å². The van der Waals surface area contributed by atoms with E-state index in [1.807, 2.05) is 12.1 Å². The van der Waals surface area contributed by atoms with Crippen molar-refractivity contribution in [3.8, 4) is 5.75 Å². The molecule has 0 radical (unpaired) electrons. The number of pyridine rings is 1. The van der Waals surface area contributed by atoms with Gasteiger partial charge in [-0.1, -0.05) is 25.0 Å². The molecule has 1 aromatic carbocycles. The largest absolute Gasteiger partial charge is 0.504 e. The molecule has 1 heterocycles. The molecule has 24 heavy (non-hydrogen) atoms. The van der Waals surface area contributed by atoms with Gasteiger partial charge in [0.1, 0.15) is 5.82 Å². The predicted molar refractivity (Wildman–Crippen MR) is 96.7 cm³/mol. The second-order valence-corrected chi connectivity index (χ2v) is 6.58. The van der Waals surface area contributed by atoms with E-state index in [2.05, 4.69) is 15.6 Å². The highest BCUT2D eigenvalue weighted by Crippen LogP contribution is 2.40. The SMILES string of the molecule is Oc1cccnc1NC(=S)NCC1(c2ccc(F)cc2)CCCC1. The highest BCUT2D eigenvalue weighted by molar-refractivity contribution is 7.80. The van der Waals surface area contributed by atoms with Gasteiger partial charge in [-0.05, 0) is 54.9 Å². The lowest BCUT2D eigenvalue weighted by molar-refractivity contribution is 0.434. The maximum atomic E-state index is 13.2. The van der Waals surface area contributed by atoms with Crippen molar-refractivity contribution in [2.45, 2.75) is 31.1 Å². The van der Waals surface area contributed by atoms with Gasteiger partial charge in [0.15, 0.2) is 16.7 Å². The number of aromatic hydroxyl groups is 1. The van der Waals surface area contributed by atoms with Crippen LogP contribution in [0.25, 0.3) is 0 Å². The van der Waals surface area contributed by atoms with Crippen LogP contribution >= 0.6 is 12.2 Å². The zero-order valence-electron chi connectivity index (χ0n) is 13.3. The van der Waals surface area contributed by atoms with Gasteiger partial charge < -0.3 is 15.7 Å². The maximum Gasteiger partial charge on any atom is 0.174 e. The van der Waals surface area contributed by atoms with Crippen molar-refractivity contribution in [2.24, 2.45) is 0 Å². The Bertz CT molecular complexity index is 714. The molecule has 1 fully saturated rings. The van der Waals surface area contributed by atoms with Crippen molar-refractivity contribution < 1.29 is 9.50 Å². The van der Waals surface area contributed by atoms with Gasteiger partial charge in [0.25, 0.3) is 0 Å². The van der Waals surface area contributed by atoms with Crippen LogP contribution in [-0.4, -0.2) is 21.7 Å². The molecule has 0 aliphatic heterocycles. The Morgan fingerprint density at radius 3 is 2.58 bits per heavy atom. The summed E-state index contributed by atoms with van der Waals surface area (Å²) in [5.74, 6) is 0.163. The van der Waals surface area contributed by atoms with Gasteiger partial charge in [0.2, 0.25) is 0 Å². The van der Waals surface area contributed by atoms with E-state index in [1.165, 1.54) is 12.1 Å². The molecule has 1 aliphatic rings. The average Bonchev–Trinajstić information content (AvgIpc) is 3.06. The number of halogens is 1. The molecule has 3 N–H and O–H groups in total. The first kappa shape index (κ1) is 16.6. The van der Waals surface area contributed by atoms with E-state index in [1.54, 1.807) is 18.3 Å². The molecule has 0 amide bonds. The van der Waals surface area contributed by atoms with Gasteiger partial charge in [0.05, 0.1) is 0 Å². The highest BCUT2D eigenvalue weighted by Gasteiger charge is 2.35. The van der Waals surface area contributed by atoms with Gasteiger partial charge in [-0.3, -0.25) is 0 Å². The van der Waals surface area contributed by atoms with Crippen LogP contribution in [0.2, 0.25) is 0 Å². The topological polar surface area (TPSA) is 57.2 Å². The molecule has 1 saturated carbocycles. The van der Waals surface area contributed by atoms with Crippen molar-refractivity contribution in [1.29, 1.82) is 0 Å². The van der Waals surface area contributed by atoms with E-state index in [4.69, 9.17) is 12.2 Å². The third kappa shape index (κ3) is 3.64. The fourth-order valence-corrected chi connectivity index (χ4v) is 3.49. The second kappa shape index (κ2) is 7.13. The Balaban J connectivity index is 1.67. The van der Waals surface area contributed by atoms with Gasteiger partial charge in [-0.25, -0.2) is 9.37 Å². The van der Waals surface area contributed by atoms with E-state index in [-0.39, 0.29) is 17.0 Å². The number of hydrogen-bond donors (Lipinski definition) is 3. The smallest absolute Gasteiger partial charge is 0.174 e. The summed E-state index contributed by atoms with van der Waals surface area (Å²) in [6.45, 7) is 0.665. The first-order chi connectivity index (χ1) is 11.6. The van der Waals surface area contributed by atoms with Crippen LogP contribution in [0.1, 0.15) is 31.2 Å². The maximum absolute atomic E-state index is 13.2. The predicted octanol–water partition coefficient (Wildman–Crippen LogP) is 3.72. The summed E-state index contributed by atoms with van der Waals surface area (Å²) < 4.78 is 13.2. The van der Waals surface area contributed by atoms with Crippen LogP contribution in [0.15, 0.2) is 42.6 Å². The minimum Gasteiger partial charge on any atom is -0.504 e. The molecule has 0 spiro atoms. The van der Waals surface area contributed by atoms with Crippen LogP contribution in [0.3, 0.4) is 0 Å². The van der Waals surface area contributed by atoms with Crippen molar-refractivity contribution in [2.75, 3.05) is 11.9 Å². The van der Waals surface area contributed by atoms with Gasteiger partial charge in [-0.15, -0.1) is 0 Å². The molecule has 0 bridgehead atoms. The molecule has 0 saturated heterocycles. The Morgan fingerprint density at radius 2 is 1.92 bits per heavy atom. The van der Waals surface area contributed by atoms with Crippen LogP contribution in [-0.2, 0) is 5.41 Å². The molecule has 6 heteroatoms. The number of rotatable bonds is 4. The molecule has 0 atom stereocenters. The molecule has 126 valence electrons. The summed E-state index contributed by atoms with van der Waals surface area (Å²) in [5, 5.41) is 16.3. The normalized spacial score (nSPS) is 15.9.